The van der Waals surface area contributed by atoms with Crippen LogP contribution < -0.4 is 20.6 Å². The van der Waals surface area contributed by atoms with Gasteiger partial charge in [0.05, 0.1) is 13.2 Å². The number of tetrazole rings is 1. The van der Waals surface area contributed by atoms with Crippen LogP contribution in [-0.2, 0) is 13.2 Å². The number of rotatable bonds is 8. The SMILES string of the molecule is CCOc1cc(CNn2nnnc2N)c(Br)cc1OCc1ccccc1. The van der Waals surface area contributed by atoms with Crippen molar-refractivity contribution in [2.75, 3.05) is 17.8 Å². The minimum Gasteiger partial charge on any atom is -0.490 e. The van der Waals surface area contributed by atoms with Crippen LogP contribution in [0, 0.1) is 0 Å². The summed E-state index contributed by atoms with van der Waals surface area (Å²) in [5.41, 5.74) is 10.7. The summed E-state index contributed by atoms with van der Waals surface area (Å²) in [5.74, 6) is 1.54. The molecule has 0 aliphatic carbocycles. The molecule has 3 rings (SSSR count). The topological polar surface area (TPSA) is 100 Å². The van der Waals surface area contributed by atoms with E-state index in [-0.39, 0.29) is 5.95 Å². The maximum Gasteiger partial charge on any atom is 0.260 e. The van der Waals surface area contributed by atoms with E-state index in [0.29, 0.717) is 31.3 Å². The van der Waals surface area contributed by atoms with Gasteiger partial charge in [0.25, 0.3) is 5.95 Å². The van der Waals surface area contributed by atoms with Gasteiger partial charge < -0.3 is 20.6 Å². The molecule has 0 aliphatic heterocycles. The lowest BCUT2D eigenvalue weighted by Gasteiger charge is -2.15. The third-order valence-electron chi connectivity index (χ3n) is 3.56. The molecule has 2 aromatic carbocycles. The third-order valence-corrected chi connectivity index (χ3v) is 4.30. The van der Waals surface area contributed by atoms with Gasteiger partial charge in [-0.2, -0.15) is 0 Å². The lowest BCUT2D eigenvalue weighted by atomic mass is 10.2. The largest absolute Gasteiger partial charge is 0.490 e. The molecule has 1 heterocycles. The minimum atomic E-state index is 0.189. The average molecular weight is 419 g/mol. The number of nitrogens with zero attached hydrogens (tertiary/aromatic N) is 4. The summed E-state index contributed by atoms with van der Waals surface area (Å²) in [5, 5.41) is 10.9. The molecule has 0 saturated heterocycles. The van der Waals surface area contributed by atoms with Crippen LogP contribution in [-0.4, -0.2) is 26.9 Å². The Hall–Kier alpha value is -2.81. The number of benzene rings is 2. The van der Waals surface area contributed by atoms with Crippen LogP contribution in [0.4, 0.5) is 5.95 Å². The second-order valence-electron chi connectivity index (χ2n) is 5.38. The van der Waals surface area contributed by atoms with Crippen molar-refractivity contribution in [3.63, 3.8) is 0 Å². The molecule has 0 amide bonds. The fourth-order valence-electron chi connectivity index (χ4n) is 2.30. The molecular weight excluding hydrogens is 400 g/mol. The Morgan fingerprint density at radius 1 is 1.15 bits per heavy atom. The quantitative estimate of drug-likeness (QED) is 0.579. The van der Waals surface area contributed by atoms with E-state index in [1.165, 1.54) is 4.79 Å². The number of hydrogen-bond donors (Lipinski definition) is 2. The summed E-state index contributed by atoms with van der Waals surface area (Å²) >= 11 is 3.57. The second-order valence-corrected chi connectivity index (χ2v) is 6.24. The zero-order valence-corrected chi connectivity index (χ0v) is 15.8. The van der Waals surface area contributed by atoms with E-state index in [0.717, 1.165) is 15.6 Å². The van der Waals surface area contributed by atoms with Crippen molar-refractivity contribution < 1.29 is 9.47 Å². The van der Waals surface area contributed by atoms with Gasteiger partial charge in [0.1, 0.15) is 6.61 Å². The Labute approximate surface area is 159 Å². The summed E-state index contributed by atoms with van der Waals surface area (Å²) in [7, 11) is 0. The molecule has 1 aromatic heterocycles. The Bertz CT molecular complexity index is 856. The van der Waals surface area contributed by atoms with Gasteiger partial charge in [0, 0.05) is 4.47 Å². The Morgan fingerprint density at radius 3 is 2.62 bits per heavy atom. The van der Waals surface area contributed by atoms with E-state index < -0.39 is 0 Å². The van der Waals surface area contributed by atoms with Gasteiger partial charge in [-0.15, -0.1) is 4.79 Å². The summed E-state index contributed by atoms with van der Waals surface area (Å²) in [6.45, 7) is 3.39. The van der Waals surface area contributed by atoms with Crippen LogP contribution in [0.1, 0.15) is 18.1 Å². The van der Waals surface area contributed by atoms with Crippen molar-refractivity contribution in [2.24, 2.45) is 0 Å². The molecular formula is C17H19BrN6O2. The molecule has 3 aromatic rings. The first-order valence-corrected chi connectivity index (χ1v) is 8.86. The molecule has 26 heavy (non-hydrogen) atoms. The van der Waals surface area contributed by atoms with Crippen LogP contribution in [0.2, 0.25) is 0 Å². The monoisotopic (exact) mass is 418 g/mol. The molecule has 0 aliphatic rings. The number of anilines is 1. The molecule has 0 fully saturated rings. The number of nitrogen functional groups attached to an aromatic ring is 1. The van der Waals surface area contributed by atoms with Crippen LogP contribution in [0.5, 0.6) is 11.5 Å². The molecule has 0 atom stereocenters. The van der Waals surface area contributed by atoms with Crippen LogP contribution in [0.15, 0.2) is 46.9 Å². The van der Waals surface area contributed by atoms with E-state index in [4.69, 9.17) is 15.2 Å². The van der Waals surface area contributed by atoms with E-state index in [2.05, 4.69) is 36.9 Å². The highest BCUT2D eigenvalue weighted by Crippen LogP contribution is 2.34. The van der Waals surface area contributed by atoms with Gasteiger partial charge in [0.15, 0.2) is 11.5 Å². The van der Waals surface area contributed by atoms with Gasteiger partial charge in [0.2, 0.25) is 0 Å². The van der Waals surface area contributed by atoms with E-state index in [9.17, 15) is 0 Å². The highest BCUT2D eigenvalue weighted by Gasteiger charge is 2.12. The first kappa shape index (κ1) is 18.0. The summed E-state index contributed by atoms with van der Waals surface area (Å²) in [4.78, 5) is 1.31. The normalized spacial score (nSPS) is 10.5. The molecule has 8 nitrogen and oxygen atoms in total. The van der Waals surface area contributed by atoms with Crippen LogP contribution in [0.3, 0.4) is 0 Å². The second kappa shape index (κ2) is 8.52. The van der Waals surface area contributed by atoms with Gasteiger partial charge >= 0.3 is 0 Å². The summed E-state index contributed by atoms with van der Waals surface area (Å²) in [6.07, 6.45) is 0. The van der Waals surface area contributed by atoms with Crippen molar-refractivity contribution in [2.45, 2.75) is 20.1 Å². The predicted octanol–water partition coefficient (Wildman–Crippen LogP) is 2.74. The standard InChI is InChI=1S/C17H19BrN6O2/c1-2-25-15-8-13(10-20-24-17(19)21-22-23-24)14(18)9-16(15)26-11-12-6-4-3-5-7-12/h3-9,20H,2,10-11H2,1H3,(H2,19,21,23). The number of nitrogens with two attached hydrogens (primary N) is 1. The first-order chi connectivity index (χ1) is 12.7. The van der Waals surface area contributed by atoms with Gasteiger partial charge in [-0.3, -0.25) is 0 Å². The molecule has 9 heteroatoms. The minimum absolute atomic E-state index is 0.189. The highest BCUT2D eigenvalue weighted by molar-refractivity contribution is 9.10. The average Bonchev–Trinajstić information content (AvgIpc) is 3.06. The molecule has 0 bridgehead atoms. The number of nitrogens with one attached hydrogen (secondary N) is 1. The van der Waals surface area contributed by atoms with Crippen molar-refractivity contribution in [3.8, 4) is 11.5 Å². The lowest BCUT2D eigenvalue weighted by Crippen LogP contribution is -2.18. The number of ether oxygens (including phenoxy) is 2. The van der Waals surface area contributed by atoms with Gasteiger partial charge in [-0.05, 0) is 40.6 Å². The maximum absolute atomic E-state index is 5.95. The van der Waals surface area contributed by atoms with Crippen molar-refractivity contribution >= 4 is 21.9 Å². The fraction of sp³-hybridized carbons (Fsp3) is 0.235. The first-order valence-electron chi connectivity index (χ1n) is 8.07. The smallest absolute Gasteiger partial charge is 0.260 e. The number of halogens is 1. The zero-order chi connectivity index (χ0) is 18.4. The Morgan fingerprint density at radius 2 is 1.92 bits per heavy atom. The van der Waals surface area contributed by atoms with Gasteiger partial charge in [-0.25, -0.2) is 0 Å². The van der Waals surface area contributed by atoms with E-state index in [1.54, 1.807) is 0 Å². The van der Waals surface area contributed by atoms with Crippen molar-refractivity contribution in [3.05, 3.63) is 58.1 Å². The van der Waals surface area contributed by atoms with Crippen LogP contribution >= 0.6 is 15.9 Å². The van der Waals surface area contributed by atoms with Crippen LogP contribution in [0.25, 0.3) is 0 Å². The third kappa shape index (κ3) is 4.42. The molecule has 0 saturated carbocycles. The number of aromatic nitrogens is 4. The van der Waals surface area contributed by atoms with Gasteiger partial charge in [-0.1, -0.05) is 51.4 Å². The van der Waals surface area contributed by atoms with E-state index in [1.807, 2.05) is 49.4 Å². The Kier molecular flexibility index (Phi) is 5.90. The predicted molar refractivity (Wildman–Crippen MR) is 101 cm³/mol. The highest BCUT2D eigenvalue weighted by atomic mass is 79.9. The number of hydrogen-bond acceptors (Lipinski definition) is 7. The summed E-state index contributed by atoms with van der Waals surface area (Å²) < 4.78 is 12.6. The maximum atomic E-state index is 5.95. The molecule has 0 spiro atoms. The molecule has 136 valence electrons. The zero-order valence-electron chi connectivity index (χ0n) is 14.2. The molecule has 0 radical (unpaired) electrons. The molecule has 3 N–H and O–H groups in total. The summed E-state index contributed by atoms with van der Waals surface area (Å²) in [6, 6.07) is 13.8. The van der Waals surface area contributed by atoms with E-state index >= 15 is 0 Å². The van der Waals surface area contributed by atoms with Crippen molar-refractivity contribution in [1.82, 2.24) is 20.3 Å². The fourth-order valence-corrected chi connectivity index (χ4v) is 2.76. The lowest BCUT2D eigenvalue weighted by molar-refractivity contribution is 0.269. The Balaban J connectivity index is 1.75. The van der Waals surface area contributed by atoms with Crippen molar-refractivity contribution in [1.29, 1.82) is 0 Å². The molecule has 0 unspecified atom stereocenters.